The Morgan fingerprint density at radius 3 is 2.36 bits per heavy atom. The Kier molecular flexibility index (Phi) is 13.1. The maximum atomic E-state index is 13.7. The zero-order valence-corrected chi connectivity index (χ0v) is 25.6. The number of ketones is 2. The van der Waals surface area contributed by atoms with E-state index < -0.39 is 53.7 Å². The lowest BCUT2D eigenvalue weighted by Gasteiger charge is -2.31. The normalized spacial score (nSPS) is 17.7. The molecule has 12 heteroatoms. The number of amides is 3. The van der Waals surface area contributed by atoms with Crippen molar-refractivity contribution in [1.82, 2.24) is 16.0 Å². The Morgan fingerprint density at radius 1 is 1.00 bits per heavy atom. The molecule has 3 N–H and O–H groups in total. The molecule has 1 fully saturated rings. The van der Waals surface area contributed by atoms with Crippen LogP contribution in [0.15, 0.2) is 42.2 Å². The van der Waals surface area contributed by atoms with Gasteiger partial charge in [-0.25, -0.2) is 0 Å². The smallest absolute Gasteiger partial charge is 0.325 e. The van der Waals surface area contributed by atoms with Crippen LogP contribution in [0.4, 0.5) is 0 Å². The van der Waals surface area contributed by atoms with Crippen LogP contribution in [0.3, 0.4) is 0 Å². The molecule has 0 aromatic heterocycles. The molecule has 1 heterocycles. The Labute approximate surface area is 257 Å². The number of benzene rings is 1. The average molecular weight is 614 g/mol. The van der Waals surface area contributed by atoms with Crippen LogP contribution in [0.5, 0.6) is 0 Å². The summed E-state index contributed by atoms with van der Waals surface area (Å²) in [6, 6.07) is 6.65. The van der Waals surface area contributed by atoms with Crippen molar-refractivity contribution in [3.05, 3.63) is 47.7 Å². The van der Waals surface area contributed by atoms with Gasteiger partial charge in [-0.3, -0.25) is 28.8 Å². The second kappa shape index (κ2) is 16.7. The molecule has 12 nitrogen and oxygen atoms in total. The third kappa shape index (κ3) is 11.2. The summed E-state index contributed by atoms with van der Waals surface area (Å²) in [4.78, 5) is 76.6. The Bertz CT molecular complexity index is 1220. The number of carbonyl (C=O) groups excluding carboxylic acids is 6. The lowest BCUT2D eigenvalue weighted by atomic mass is 9.84. The predicted octanol–water partition coefficient (Wildman–Crippen LogP) is 2.04. The molecule has 3 rings (SSSR count). The summed E-state index contributed by atoms with van der Waals surface area (Å²) in [5.41, 5.74) is -0.0677. The van der Waals surface area contributed by atoms with E-state index in [2.05, 4.69) is 16.0 Å². The minimum Gasteiger partial charge on any atom is -0.482 e. The summed E-state index contributed by atoms with van der Waals surface area (Å²) in [6.45, 7) is 4.35. The zero-order valence-electron chi connectivity index (χ0n) is 25.6. The SMILES string of the molecule is CCOC(=O)CNC(=O)C(=O)C(COCc1ccccc1)NC(=O)C(CC1CCCCC1)NC(=O)C1=CC(=O)CC(C)(C)O1. The molecular weight excluding hydrogens is 570 g/mol. The molecule has 240 valence electrons. The third-order valence-corrected chi connectivity index (χ3v) is 7.37. The lowest BCUT2D eigenvalue weighted by Crippen LogP contribution is -2.56. The molecule has 1 aliphatic heterocycles. The fourth-order valence-electron chi connectivity index (χ4n) is 5.24. The van der Waals surface area contributed by atoms with Crippen molar-refractivity contribution in [2.24, 2.45) is 5.92 Å². The molecule has 1 aliphatic carbocycles. The zero-order chi connectivity index (χ0) is 32.1. The maximum absolute atomic E-state index is 13.7. The number of esters is 1. The Morgan fingerprint density at radius 2 is 1.70 bits per heavy atom. The highest BCUT2D eigenvalue weighted by atomic mass is 16.5. The standard InChI is InChI=1S/C32H43N3O9/c1-4-43-27(37)18-33-31(41)28(38)25(20-42-19-22-13-9-6-10-14-22)35-29(39)24(15-21-11-7-5-8-12-21)34-30(40)26-16-23(36)17-32(2,3)44-26/h6,9-10,13-14,16,21,24-25H,4-5,7-8,11-12,15,17-20H2,1-3H3,(H,33,41)(H,34,40)(H,35,39). The number of rotatable bonds is 15. The van der Waals surface area contributed by atoms with E-state index in [0.717, 1.165) is 43.7 Å². The van der Waals surface area contributed by atoms with Gasteiger partial charge in [0.15, 0.2) is 11.5 Å². The molecule has 1 aromatic carbocycles. The summed E-state index contributed by atoms with van der Waals surface area (Å²) < 4.78 is 16.2. The summed E-state index contributed by atoms with van der Waals surface area (Å²) in [5.74, 6) is -4.56. The fraction of sp³-hybridized carbons (Fsp3) is 0.562. The van der Waals surface area contributed by atoms with Gasteiger partial charge >= 0.3 is 5.97 Å². The first-order valence-corrected chi connectivity index (χ1v) is 15.1. The first-order valence-electron chi connectivity index (χ1n) is 15.1. The van der Waals surface area contributed by atoms with Gasteiger partial charge in [0.25, 0.3) is 11.8 Å². The van der Waals surface area contributed by atoms with Gasteiger partial charge in [-0.2, -0.15) is 0 Å². The van der Waals surface area contributed by atoms with Crippen LogP contribution in [0.25, 0.3) is 0 Å². The highest BCUT2D eigenvalue weighted by Crippen LogP contribution is 2.28. The summed E-state index contributed by atoms with van der Waals surface area (Å²) >= 11 is 0. The van der Waals surface area contributed by atoms with Crippen molar-refractivity contribution >= 4 is 35.3 Å². The highest BCUT2D eigenvalue weighted by molar-refractivity contribution is 6.38. The van der Waals surface area contributed by atoms with E-state index in [1.807, 2.05) is 30.3 Å². The van der Waals surface area contributed by atoms with Crippen LogP contribution in [0, 0.1) is 5.92 Å². The first-order chi connectivity index (χ1) is 21.0. The molecule has 3 amide bonds. The van der Waals surface area contributed by atoms with E-state index in [1.165, 1.54) is 0 Å². The average Bonchev–Trinajstić information content (AvgIpc) is 2.98. The minimum absolute atomic E-state index is 0.108. The fourth-order valence-corrected chi connectivity index (χ4v) is 5.24. The number of nitrogens with one attached hydrogen (secondary N) is 3. The van der Waals surface area contributed by atoms with Crippen molar-refractivity contribution in [3.63, 3.8) is 0 Å². The molecule has 0 radical (unpaired) electrons. The monoisotopic (exact) mass is 613 g/mol. The van der Waals surface area contributed by atoms with Crippen molar-refractivity contribution in [1.29, 1.82) is 0 Å². The van der Waals surface area contributed by atoms with Gasteiger partial charge in [0.05, 0.1) is 19.8 Å². The molecule has 0 spiro atoms. The number of ether oxygens (including phenoxy) is 3. The Hall–Kier alpha value is -4.06. The largest absolute Gasteiger partial charge is 0.482 e. The van der Waals surface area contributed by atoms with E-state index in [9.17, 15) is 28.8 Å². The van der Waals surface area contributed by atoms with Crippen LogP contribution in [-0.4, -0.2) is 72.7 Å². The van der Waals surface area contributed by atoms with Crippen LogP contribution >= 0.6 is 0 Å². The third-order valence-electron chi connectivity index (χ3n) is 7.37. The van der Waals surface area contributed by atoms with Crippen LogP contribution < -0.4 is 16.0 Å². The van der Waals surface area contributed by atoms with Crippen molar-refractivity contribution in [2.75, 3.05) is 19.8 Å². The summed E-state index contributed by atoms with van der Waals surface area (Å²) in [6.07, 6.45) is 6.37. The van der Waals surface area contributed by atoms with Gasteiger partial charge in [0.2, 0.25) is 11.7 Å². The topological polar surface area (TPSA) is 166 Å². The van der Waals surface area contributed by atoms with E-state index >= 15 is 0 Å². The number of Topliss-reactive ketones (excluding diaryl/α,β-unsaturated/α-hetero) is 1. The molecule has 2 atom stereocenters. The van der Waals surface area contributed by atoms with Crippen molar-refractivity contribution < 1.29 is 43.0 Å². The van der Waals surface area contributed by atoms with E-state index in [0.29, 0.717) is 6.42 Å². The van der Waals surface area contributed by atoms with Gasteiger partial charge in [0.1, 0.15) is 24.2 Å². The van der Waals surface area contributed by atoms with Crippen LogP contribution in [0.1, 0.15) is 71.3 Å². The Balaban J connectivity index is 1.76. The number of allylic oxidation sites excluding steroid dienone is 1. The second-order valence-electron chi connectivity index (χ2n) is 11.7. The van der Waals surface area contributed by atoms with Gasteiger partial charge in [0, 0.05) is 12.5 Å². The second-order valence-corrected chi connectivity index (χ2v) is 11.7. The summed E-state index contributed by atoms with van der Waals surface area (Å²) in [7, 11) is 0. The number of hydrogen-bond donors (Lipinski definition) is 3. The minimum atomic E-state index is -1.41. The molecular formula is C32H43N3O9. The lowest BCUT2D eigenvalue weighted by molar-refractivity contribution is -0.146. The molecule has 0 saturated heterocycles. The van der Waals surface area contributed by atoms with Crippen molar-refractivity contribution in [3.8, 4) is 0 Å². The molecule has 2 aliphatic rings. The van der Waals surface area contributed by atoms with E-state index in [1.54, 1.807) is 20.8 Å². The molecule has 44 heavy (non-hydrogen) atoms. The molecule has 0 bridgehead atoms. The van der Waals surface area contributed by atoms with Gasteiger partial charge < -0.3 is 30.2 Å². The molecule has 2 unspecified atom stereocenters. The van der Waals surface area contributed by atoms with Gasteiger partial charge in [-0.15, -0.1) is 0 Å². The number of carbonyl (C=O) groups is 6. The van der Waals surface area contributed by atoms with Crippen LogP contribution in [0.2, 0.25) is 0 Å². The quantitative estimate of drug-likeness (QED) is 0.198. The van der Waals surface area contributed by atoms with Crippen molar-refractivity contribution in [2.45, 2.75) is 90.0 Å². The maximum Gasteiger partial charge on any atom is 0.325 e. The predicted molar refractivity (Wildman–Crippen MR) is 159 cm³/mol. The van der Waals surface area contributed by atoms with E-state index in [4.69, 9.17) is 14.2 Å². The number of hydrogen-bond acceptors (Lipinski definition) is 9. The summed E-state index contributed by atoms with van der Waals surface area (Å²) in [5, 5.41) is 7.49. The molecule has 1 aromatic rings. The molecule has 1 saturated carbocycles. The van der Waals surface area contributed by atoms with Gasteiger partial charge in [-0.05, 0) is 38.7 Å². The van der Waals surface area contributed by atoms with E-state index in [-0.39, 0.29) is 43.7 Å². The highest BCUT2D eigenvalue weighted by Gasteiger charge is 2.36. The van der Waals surface area contributed by atoms with Crippen LogP contribution in [-0.2, 0) is 49.6 Å². The van der Waals surface area contributed by atoms with Gasteiger partial charge in [-0.1, -0.05) is 62.4 Å². The first kappa shape index (κ1) is 34.4.